The Labute approximate surface area is 157 Å². The summed E-state index contributed by atoms with van der Waals surface area (Å²) in [4.78, 5) is 16.6. The van der Waals surface area contributed by atoms with Gasteiger partial charge >= 0.3 is 0 Å². The Bertz CT molecular complexity index is 854. The molecule has 0 spiro atoms. The lowest BCUT2D eigenvalue weighted by Crippen LogP contribution is -2.27. The minimum Gasteiger partial charge on any atom is -0.497 e. The van der Waals surface area contributed by atoms with Gasteiger partial charge in [0, 0.05) is 17.5 Å². The van der Waals surface area contributed by atoms with Crippen LogP contribution in [0.4, 0.5) is 0 Å². The molecule has 0 aliphatic heterocycles. The minimum absolute atomic E-state index is 0.0377. The summed E-state index contributed by atoms with van der Waals surface area (Å²) in [6.07, 6.45) is 1.19. The standard InChI is InChI=1S/C21H22N2O2S/c1-15-23-20(14-26-15)18-7-3-17(4-8-18)13-21(24)22-12-11-16-5-9-19(25-2)10-6-16/h3-10,14H,11-13H2,1-2H3,(H,22,24). The van der Waals surface area contributed by atoms with Gasteiger partial charge in [0.2, 0.25) is 5.91 Å². The van der Waals surface area contributed by atoms with Crippen molar-refractivity contribution in [2.24, 2.45) is 0 Å². The van der Waals surface area contributed by atoms with Crippen LogP contribution in [0.15, 0.2) is 53.9 Å². The average molecular weight is 366 g/mol. The number of hydrogen-bond acceptors (Lipinski definition) is 4. The Kier molecular flexibility index (Phi) is 6.02. The highest BCUT2D eigenvalue weighted by Crippen LogP contribution is 2.21. The molecule has 4 nitrogen and oxygen atoms in total. The predicted molar refractivity (Wildman–Crippen MR) is 106 cm³/mol. The maximum absolute atomic E-state index is 12.1. The van der Waals surface area contributed by atoms with Crippen molar-refractivity contribution in [1.82, 2.24) is 10.3 Å². The van der Waals surface area contributed by atoms with Crippen LogP contribution in [0, 0.1) is 6.92 Å². The van der Waals surface area contributed by atoms with Gasteiger partial charge in [0.05, 0.1) is 24.2 Å². The van der Waals surface area contributed by atoms with Crippen LogP contribution in [0.2, 0.25) is 0 Å². The zero-order valence-electron chi connectivity index (χ0n) is 15.0. The summed E-state index contributed by atoms with van der Waals surface area (Å²) < 4.78 is 5.14. The molecule has 2 aromatic carbocycles. The van der Waals surface area contributed by atoms with E-state index in [9.17, 15) is 4.79 Å². The zero-order chi connectivity index (χ0) is 18.4. The summed E-state index contributed by atoms with van der Waals surface area (Å²) >= 11 is 1.64. The van der Waals surface area contributed by atoms with Crippen LogP contribution in [0.3, 0.4) is 0 Å². The Morgan fingerprint density at radius 1 is 1.08 bits per heavy atom. The van der Waals surface area contributed by atoms with Crippen molar-refractivity contribution in [2.45, 2.75) is 19.8 Å². The second kappa shape index (κ2) is 8.63. The first-order valence-electron chi connectivity index (χ1n) is 8.55. The van der Waals surface area contributed by atoms with Crippen molar-refractivity contribution in [3.8, 4) is 17.0 Å². The number of methoxy groups -OCH3 is 1. The second-order valence-corrected chi connectivity index (χ2v) is 7.14. The highest BCUT2D eigenvalue weighted by molar-refractivity contribution is 7.09. The van der Waals surface area contributed by atoms with Crippen LogP contribution in [0.1, 0.15) is 16.1 Å². The van der Waals surface area contributed by atoms with E-state index in [2.05, 4.69) is 15.7 Å². The van der Waals surface area contributed by atoms with Gasteiger partial charge in [-0.25, -0.2) is 4.98 Å². The maximum atomic E-state index is 12.1. The summed E-state index contributed by atoms with van der Waals surface area (Å²) in [5.41, 5.74) is 4.25. The third-order valence-corrected chi connectivity index (χ3v) is 4.90. The van der Waals surface area contributed by atoms with Crippen molar-refractivity contribution >= 4 is 17.2 Å². The minimum atomic E-state index is 0.0377. The third-order valence-electron chi connectivity index (χ3n) is 4.13. The van der Waals surface area contributed by atoms with Crippen LogP contribution in [-0.4, -0.2) is 24.5 Å². The largest absolute Gasteiger partial charge is 0.497 e. The van der Waals surface area contributed by atoms with Gasteiger partial charge in [-0.15, -0.1) is 11.3 Å². The van der Waals surface area contributed by atoms with Crippen molar-refractivity contribution in [2.75, 3.05) is 13.7 Å². The van der Waals surface area contributed by atoms with Gasteiger partial charge in [-0.05, 0) is 36.6 Å². The molecule has 3 aromatic rings. The number of rotatable bonds is 7. The lowest BCUT2D eigenvalue weighted by atomic mass is 10.1. The molecule has 0 radical (unpaired) electrons. The van der Waals surface area contributed by atoms with Crippen LogP contribution >= 0.6 is 11.3 Å². The number of aryl methyl sites for hydroxylation is 1. The molecule has 1 heterocycles. The van der Waals surface area contributed by atoms with E-state index in [4.69, 9.17) is 4.74 Å². The first kappa shape index (κ1) is 18.1. The number of nitrogens with one attached hydrogen (secondary N) is 1. The Balaban J connectivity index is 1.46. The molecule has 26 heavy (non-hydrogen) atoms. The summed E-state index contributed by atoms with van der Waals surface area (Å²) in [7, 11) is 1.65. The highest BCUT2D eigenvalue weighted by atomic mass is 32.1. The molecule has 1 aromatic heterocycles. The highest BCUT2D eigenvalue weighted by Gasteiger charge is 2.06. The van der Waals surface area contributed by atoms with Gasteiger partial charge in [0.25, 0.3) is 0 Å². The molecule has 0 bridgehead atoms. The van der Waals surface area contributed by atoms with Crippen LogP contribution in [-0.2, 0) is 17.6 Å². The van der Waals surface area contributed by atoms with Gasteiger partial charge < -0.3 is 10.1 Å². The lowest BCUT2D eigenvalue weighted by molar-refractivity contribution is -0.120. The van der Waals surface area contributed by atoms with E-state index in [-0.39, 0.29) is 5.91 Å². The molecule has 0 atom stereocenters. The monoisotopic (exact) mass is 366 g/mol. The Morgan fingerprint density at radius 2 is 1.77 bits per heavy atom. The molecule has 0 fully saturated rings. The number of carbonyl (C=O) groups is 1. The molecule has 5 heteroatoms. The molecule has 1 amide bonds. The van der Waals surface area contributed by atoms with Gasteiger partial charge in [-0.1, -0.05) is 36.4 Å². The molecule has 0 aliphatic carbocycles. The van der Waals surface area contributed by atoms with Gasteiger partial charge in [-0.3, -0.25) is 4.79 Å². The number of carbonyl (C=O) groups excluding carboxylic acids is 1. The van der Waals surface area contributed by atoms with E-state index in [1.807, 2.05) is 55.5 Å². The summed E-state index contributed by atoms with van der Waals surface area (Å²) in [5, 5.41) is 6.08. The number of thiazole rings is 1. The topological polar surface area (TPSA) is 51.2 Å². The Hall–Kier alpha value is -2.66. The molecule has 0 saturated heterocycles. The Morgan fingerprint density at radius 3 is 2.38 bits per heavy atom. The van der Waals surface area contributed by atoms with Gasteiger partial charge in [-0.2, -0.15) is 0 Å². The SMILES string of the molecule is COc1ccc(CCNC(=O)Cc2ccc(-c3csc(C)n3)cc2)cc1. The predicted octanol–water partition coefficient (Wildman–Crippen LogP) is 4.03. The van der Waals surface area contributed by atoms with E-state index < -0.39 is 0 Å². The van der Waals surface area contributed by atoms with Crippen molar-refractivity contribution in [3.05, 3.63) is 70.0 Å². The molecule has 0 saturated carbocycles. The van der Waals surface area contributed by atoms with Crippen molar-refractivity contribution in [3.63, 3.8) is 0 Å². The number of benzene rings is 2. The normalized spacial score (nSPS) is 10.5. The maximum Gasteiger partial charge on any atom is 0.224 e. The first-order valence-corrected chi connectivity index (χ1v) is 9.43. The van der Waals surface area contributed by atoms with E-state index in [1.54, 1.807) is 18.4 Å². The fourth-order valence-corrected chi connectivity index (χ4v) is 3.30. The summed E-state index contributed by atoms with van der Waals surface area (Å²) in [6, 6.07) is 15.9. The second-order valence-electron chi connectivity index (χ2n) is 6.07. The molecular formula is C21H22N2O2S. The first-order chi connectivity index (χ1) is 12.6. The molecule has 1 N–H and O–H groups in total. The molecule has 3 rings (SSSR count). The van der Waals surface area contributed by atoms with Crippen LogP contribution < -0.4 is 10.1 Å². The van der Waals surface area contributed by atoms with Gasteiger partial charge in [0.1, 0.15) is 5.75 Å². The average Bonchev–Trinajstić information content (AvgIpc) is 3.09. The molecule has 0 aliphatic rings. The quantitative estimate of drug-likeness (QED) is 0.687. The summed E-state index contributed by atoms with van der Waals surface area (Å²) in [6.45, 7) is 2.63. The number of amides is 1. The van der Waals surface area contributed by atoms with Crippen molar-refractivity contribution < 1.29 is 9.53 Å². The number of nitrogens with zero attached hydrogens (tertiary/aromatic N) is 1. The molecule has 0 unspecified atom stereocenters. The third kappa shape index (κ3) is 4.92. The molecular weight excluding hydrogens is 344 g/mol. The zero-order valence-corrected chi connectivity index (χ0v) is 15.8. The number of hydrogen-bond donors (Lipinski definition) is 1. The number of ether oxygens (including phenoxy) is 1. The lowest BCUT2D eigenvalue weighted by Gasteiger charge is -2.07. The van der Waals surface area contributed by atoms with E-state index in [0.29, 0.717) is 13.0 Å². The van der Waals surface area contributed by atoms with E-state index in [1.165, 1.54) is 5.56 Å². The smallest absolute Gasteiger partial charge is 0.224 e. The van der Waals surface area contributed by atoms with Gasteiger partial charge in [0.15, 0.2) is 0 Å². The van der Waals surface area contributed by atoms with Crippen molar-refractivity contribution in [1.29, 1.82) is 0 Å². The number of aromatic nitrogens is 1. The van der Waals surface area contributed by atoms with E-state index >= 15 is 0 Å². The fourth-order valence-electron chi connectivity index (χ4n) is 2.68. The fraction of sp³-hybridized carbons (Fsp3) is 0.238. The summed E-state index contributed by atoms with van der Waals surface area (Å²) in [5.74, 6) is 0.879. The van der Waals surface area contributed by atoms with Crippen LogP contribution in [0.5, 0.6) is 5.75 Å². The van der Waals surface area contributed by atoms with E-state index in [0.717, 1.165) is 34.0 Å². The van der Waals surface area contributed by atoms with Crippen LogP contribution in [0.25, 0.3) is 11.3 Å². The molecule has 134 valence electrons.